The third kappa shape index (κ3) is 2.35. The maximum atomic E-state index is 12.0. The van der Waals surface area contributed by atoms with E-state index in [9.17, 15) is 4.79 Å². The molecule has 2 aliphatic rings. The molecule has 0 aliphatic carbocycles. The smallest absolute Gasteiger partial charge is 0.170 e. The topological polar surface area (TPSA) is 38.8 Å². The number of benzene rings is 2. The molecule has 2 aliphatic heterocycles. The van der Waals surface area contributed by atoms with Gasteiger partial charge in [0.1, 0.15) is 18.2 Å². The van der Waals surface area contributed by atoms with Gasteiger partial charge in [-0.2, -0.15) is 0 Å². The highest BCUT2D eigenvalue weighted by molar-refractivity contribution is 6.00. The normalized spacial score (nSPS) is 17.2. The molecule has 0 N–H and O–H groups in total. The lowest BCUT2D eigenvalue weighted by Crippen LogP contribution is -2.32. The molecule has 0 aromatic heterocycles. The van der Waals surface area contributed by atoms with E-state index in [4.69, 9.17) is 9.47 Å². The van der Waals surface area contributed by atoms with E-state index in [-0.39, 0.29) is 5.78 Å². The fourth-order valence-electron chi connectivity index (χ4n) is 3.03. The van der Waals surface area contributed by atoms with Gasteiger partial charge in [-0.05, 0) is 17.7 Å². The Hall–Kier alpha value is -2.33. The maximum absolute atomic E-state index is 12.0. The fourth-order valence-corrected chi connectivity index (χ4v) is 3.03. The van der Waals surface area contributed by atoms with E-state index in [0.717, 1.165) is 24.4 Å². The van der Waals surface area contributed by atoms with Crippen LogP contribution in [0.5, 0.6) is 11.5 Å². The van der Waals surface area contributed by atoms with Crippen LogP contribution < -0.4 is 9.47 Å². The summed E-state index contributed by atoms with van der Waals surface area (Å²) in [6, 6.07) is 14.0. The van der Waals surface area contributed by atoms with Crippen LogP contribution in [0.3, 0.4) is 0 Å². The van der Waals surface area contributed by atoms with Gasteiger partial charge in [-0.1, -0.05) is 30.3 Å². The van der Waals surface area contributed by atoms with Gasteiger partial charge in [-0.3, -0.25) is 9.69 Å². The maximum Gasteiger partial charge on any atom is 0.170 e. The lowest BCUT2D eigenvalue weighted by Gasteiger charge is -2.31. The van der Waals surface area contributed by atoms with Crippen LogP contribution in [0, 0.1) is 0 Å². The Labute approximate surface area is 129 Å². The fraction of sp³-hybridized carbons (Fsp3) is 0.278. The van der Waals surface area contributed by atoms with Crippen LogP contribution in [0.1, 0.15) is 27.9 Å². The summed E-state index contributed by atoms with van der Waals surface area (Å²) in [5.41, 5.74) is 2.93. The van der Waals surface area contributed by atoms with Gasteiger partial charge in [-0.15, -0.1) is 0 Å². The van der Waals surface area contributed by atoms with Crippen molar-refractivity contribution in [2.45, 2.75) is 19.5 Å². The molecule has 0 saturated carbocycles. The number of Topliss-reactive ketones (excluding diaryl/α,β-unsaturated/α-hetero) is 1. The van der Waals surface area contributed by atoms with Crippen molar-refractivity contribution in [3.05, 3.63) is 59.2 Å². The van der Waals surface area contributed by atoms with Crippen molar-refractivity contribution < 1.29 is 14.3 Å². The molecule has 2 aromatic carbocycles. The van der Waals surface area contributed by atoms with Crippen molar-refractivity contribution in [3.8, 4) is 11.5 Å². The molecule has 0 fully saturated rings. The summed E-state index contributed by atoms with van der Waals surface area (Å²) in [7, 11) is 0. The minimum Gasteiger partial charge on any atom is -0.492 e. The average Bonchev–Trinajstić information content (AvgIpc) is 2.56. The van der Waals surface area contributed by atoms with Gasteiger partial charge in [0.05, 0.1) is 17.7 Å². The molecule has 0 bridgehead atoms. The van der Waals surface area contributed by atoms with Crippen molar-refractivity contribution in [1.29, 1.82) is 0 Å². The SMILES string of the molecule is O=C1CCOc2c1ccc1c2CN(Cc2ccccc2)CO1. The molecule has 4 rings (SSSR count). The standard InChI is InChI=1S/C18H17NO3/c20-16-8-9-21-18-14(16)6-7-17-15(18)11-19(12-22-17)10-13-4-2-1-3-5-13/h1-7H,8-12H2. The van der Waals surface area contributed by atoms with E-state index in [1.807, 2.05) is 30.3 Å². The van der Waals surface area contributed by atoms with Crippen molar-refractivity contribution in [2.24, 2.45) is 0 Å². The summed E-state index contributed by atoms with van der Waals surface area (Å²) in [6.45, 7) is 2.56. The summed E-state index contributed by atoms with van der Waals surface area (Å²) < 4.78 is 11.6. The molecular weight excluding hydrogens is 278 g/mol. The van der Waals surface area contributed by atoms with Gasteiger partial charge in [0.25, 0.3) is 0 Å². The van der Waals surface area contributed by atoms with Crippen LogP contribution in [0.2, 0.25) is 0 Å². The van der Waals surface area contributed by atoms with Crippen molar-refractivity contribution in [1.82, 2.24) is 4.90 Å². The largest absolute Gasteiger partial charge is 0.492 e. The second kappa shape index (κ2) is 5.46. The highest BCUT2D eigenvalue weighted by Gasteiger charge is 2.28. The Balaban J connectivity index is 1.62. The summed E-state index contributed by atoms with van der Waals surface area (Å²) in [4.78, 5) is 14.2. The third-order valence-electron chi connectivity index (χ3n) is 4.13. The van der Waals surface area contributed by atoms with Crippen LogP contribution in [0.4, 0.5) is 0 Å². The highest BCUT2D eigenvalue weighted by atomic mass is 16.5. The first-order valence-electron chi connectivity index (χ1n) is 7.52. The van der Waals surface area contributed by atoms with Gasteiger partial charge < -0.3 is 9.47 Å². The first-order chi connectivity index (χ1) is 10.8. The zero-order valence-corrected chi connectivity index (χ0v) is 12.2. The zero-order valence-electron chi connectivity index (χ0n) is 12.2. The van der Waals surface area contributed by atoms with Crippen LogP contribution in [0.25, 0.3) is 0 Å². The molecule has 22 heavy (non-hydrogen) atoms. The minimum atomic E-state index is 0.157. The minimum absolute atomic E-state index is 0.157. The number of rotatable bonds is 2. The number of carbonyl (C=O) groups is 1. The van der Waals surface area contributed by atoms with Crippen molar-refractivity contribution in [2.75, 3.05) is 13.3 Å². The molecule has 0 radical (unpaired) electrons. The second-order valence-electron chi connectivity index (χ2n) is 5.69. The molecular formula is C18H17NO3. The Kier molecular flexibility index (Phi) is 3.31. The quantitative estimate of drug-likeness (QED) is 0.853. The number of ketones is 1. The van der Waals surface area contributed by atoms with Gasteiger partial charge in [0.2, 0.25) is 0 Å². The molecule has 0 spiro atoms. The molecule has 2 aromatic rings. The Morgan fingerprint density at radius 2 is 1.91 bits per heavy atom. The molecule has 0 unspecified atom stereocenters. The van der Waals surface area contributed by atoms with Crippen molar-refractivity contribution in [3.63, 3.8) is 0 Å². The van der Waals surface area contributed by atoms with Crippen LogP contribution in [-0.4, -0.2) is 24.0 Å². The van der Waals surface area contributed by atoms with Crippen LogP contribution in [0.15, 0.2) is 42.5 Å². The van der Waals surface area contributed by atoms with E-state index >= 15 is 0 Å². The first kappa shape index (κ1) is 13.3. The van der Waals surface area contributed by atoms with E-state index < -0.39 is 0 Å². The average molecular weight is 295 g/mol. The molecule has 2 heterocycles. The molecule has 4 heteroatoms. The monoisotopic (exact) mass is 295 g/mol. The Bertz CT molecular complexity index is 712. The second-order valence-corrected chi connectivity index (χ2v) is 5.69. The van der Waals surface area contributed by atoms with Gasteiger partial charge in [0.15, 0.2) is 5.78 Å². The lowest BCUT2D eigenvalue weighted by molar-refractivity contribution is 0.0830. The highest BCUT2D eigenvalue weighted by Crippen LogP contribution is 2.38. The number of fused-ring (bicyclic) bond motifs is 3. The zero-order chi connectivity index (χ0) is 14.9. The van der Waals surface area contributed by atoms with Crippen molar-refractivity contribution >= 4 is 5.78 Å². The van der Waals surface area contributed by atoms with E-state index in [0.29, 0.717) is 31.1 Å². The number of ether oxygens (including phenoxy) is 2. The molecule has 0 saturated heterocycles. The Morgan fingerprint density at radius 3 is 2.77 bits per heavy atom. The Morgan fingerprint density at radius 1 is 1.05 bits per heavy atom. The third-order valence-corrected chi connectivity index (χ3v) is 4.13. The van der Waals surface area contributed by atoms with E-state index in [1.54, 1.807) is 0 Å². The summed E-state index contributed by atoms with van der Waals surface area (Å²) in [5.74, 6) is 1.70. The molecule has 0 atom stereocenters. The number of hydrogen-bond donors (Lipinski definition) is 0. The molecule has 0 amide bonds. The summed E-state index contributed by atoms with van der Waals surface area (Å²) >= 11 is 0. The lowest BCUT2D eigenvalue weighted by atomic mass is 9.99. The van der Waals surface area contributed by atoms with Crippen LogP contribution in [-0.2, 0) is 13.1 Å². The van der Waals surface area contributed by atoms with Gasteiger partial charge in [-0.25, -0.2) is 0 Å². The van der Waals surface area contributed by atoms with Crippen LogP contribution >= 0.6 is 0 Å². The number of carbonyl (C=O) groups excluding carboxylic acids is 1. The molecule has 112 valence electrons. The summed E-state index contributed by atoms with van der Waals surface area (Å²) in [5, 5.41) is 0. The predicted octanol–water partition coefficient (Wildman–Crippen LogP) is 3.00. The number of nitrogens with zero attached hydrogens (tertiary/aromatic N) is 1. The van der Waals surface area contributed by atoms with E-state index in [1.165, 1.54) is 5.56 Å². The van der Waals surface area contributed by atoms with Gasteiger partial charge in [0, 0.05) is 19.5 Å². The summed E-state index contributed by atoms with van der Waals surface area (Å²) in [6.07, 6.45) is 0.459. The first-order valence-corrected chi connectivity index (χ1v) is 7.52. The van der Waals surface area contributed by atoms with E-state index in [2.05, 4.69) is 17.0 Å². The molecule has 4 nitrogen and oxygen atoms in total. The predicted molar refractivity (Wildman–Crippen MR) is 82.1 cm³/mol. The number of hydrogen-bond acceptors (Lipinski definition) is 4. The van der Waals surface area contributed by atoms with Gasteiger partial charge >= 0.3 is 0 Å².